The molecule has 0 unspecified atom stereocenters. The Hall–Kier alpha value is -1.00. The molecule has 2 nitrogen and oxygen atoms in total. The molecule has 0 aromatic heterocycles. The van der Waals surface area contributed by atoms with Crippen molar-refractivity contribution in [2.45, 2.75) is 13.1 Å². The van der Waals surface area contributed by atoms with Gasteiger partial charge in [-0.3, -0.25) is 0 Å². The van der Waals surface area contributed by atoms with Gasteiger partial charge in [0.05, 0.1) is 6.26 Å². The summed E-state index contributed by atoms with van der Waals surface area (Å²) in [5.41, 5.74) is 0. The lowest BCUT2D eigenvalue weighted by Gasteiger charge is -2.00. The average molecular weight is 154 g/mol. The number of halogens is 3. The molecule has 0 spiro atoms. The summed E-state index contributed by atoms with van der Waals surface area (Å²) in [7, 11) is 0. The fourth-order valence-corrected chi connectivity index (χ4v) is 0.197. The molecule has 0 saturated heterocycles. The molecule has 0 rings (SSSR count). The van der Waals surface area contributed by atoms with E-state index >= 15 is 0 Å². The Morgan fingerprint density at radius 2 is 2.00 bits per heavy atom. The molecule has 0 aliphatic rings. The molecule has 0 atom stereocenters. The highest BCUT2D eigenvalue weighted by Crippen LogP contribution is 2.16. The maximum atomic E-state index is 11.3. The molecule has 5 heteroatoms. The van der Waals surface area contributed by atoms with Crippen LogP contribution in [0.25, 0.3) is 0 Å². The zero-order valence-corrected chi connectivity index (χ0v) is 5.11. The van der Waals surface area contributed by atoms with Crippen LogP contribution < -0.4 is 0 Å². The lowest BCUT2D eigenvalue weighted by Crippen LogP contribution is -2.23. The summed E-state index contributed by atoms with van der Waals surface area (Å²) in [4.78, 5) is 9.82. The van der Waals surface area contributed by atoms with Gasteiger partial charge in [-0.2, -0.15) is 13.2 Å². The molecule has 0 heterocycles. The third kappa shape index (κ3) is 3.11. The van der Waals surface area contributed by atoms with Gasteiger partial charge in [-0.15, -0.1) is 0 Å². The van der Waals surface area contributed by atoms with Crippen LogP contribution in [-0.4, -0.2) is 12.1 Å². The number of esters is 1. The van der Waals surface area contributed by atoms with E-state index in [4.69, 9.17) is 0 Å². The SMILES string of the molecule is C/C=C\OC(=O)C(F)(F)F. The first-order valence-corrected chi connectivity index (χ1v) is 2.37. The molecule has 0 saturated carbocycles. The van der Waals surface area contributed by atoms with Gasteiger partial charge in [-0.25, -0.2) is 4.79 Å². The second kappa shape index (κ2) is 3.24. The van der Waals surface area contributed by atoms with Gasteiger partial charge in [0.1, 0.15) is 0 Å². The highest BCUT2D eigenvalue weighted by atomic mass is 19.4. The van der Waals surface area contributed by atoms with E-state index in [1.807, 2.05) is 0 Å². The number of rotatable bonds is 1. The normalized spacial score (nSPS) is 12.0. The van der Waals surface area contributed by atoms with Crippen molar-refractivity contribution in [1.29, 1.82) is 0 Å². The second-order valence-corrected chi connectivity index (χ2v) is 1.37. The Labute approximate surface area is 55.3 Å². The van der Waals surface area contributed by atoms with Crippen molar-refractivity contribution < 1.29 is 22.7 Å². The summed E-state index contributed by atoms with van der Waals surface area (Å²) in [6.45, 7) is 1.43. The van der Waals surface area contributed by atoms with Crippen LogP contribution in [0.5, 0.6) is 0 Å². The third-order valence-corrected chi connectivity index (χ3v) is 0.543. The molecule has 0 aromatic rings. The Morgan fingerprint density at radius 3 is 2.30 bits per heavy atom. The molecule has 10 heavy (non-hydrogen) atoms. The van der Waals surface area contributed by atoms with E-state index in [1.165, 1.54) is 13.0 Å². The van der Waals surface area contributed by atoms with Crippen molar-refractivity contribution in [2.75, 3.05) is 0 Å². The van der Waals surface area contributed by atoms with E-state index in [-0.39, 0.29) is 0 Å². The number of ether oxygens (including phenoxy) is 1. The summed E-state index contributed by atoms with van der Waals surface area (Å²) >= 11 is 0. The molecule has 0 aromatic carbocycles. The third-order valence-electron chi connectivity index (χ3n) is 0.543. The van der Waals surface area contributed by atoms with Gasteiger partial charge in [-0.1, -0.05) is 6.08 Å². The number of allylic oxidation sites excluding steroid dienone is 1. The van der Waals surface area contributed by atoms with Crippen molar-refractivity contribution in [1.82, 2.24) is 0 Å². The minimum atomic E-state index is -4.90. The topological polar surface area (TPSA) is 26.3 Å². The average Bonchev–Trinajstić information content (AvgIpc) is 1.80. The highest BCUT2D eigenvalue weighted by Gasteiger charge is 2.40. The summed E-state index contributed by atoms with van der Waals surface area (Å²) < 4.78 is 37.4. The first-order valence-electron chi connectivity index (χ1n) is 2.37. The van der Waals surface area contributed by atoms with Crippen LogP contribution in [0.4, 0.5) is 13.2 Å². The Balaban J connectivity index is 3.86. The zero-order valence-electron chi connectivity index (χ0n) is 5.11. The predicted molar refractivity (Wildman–Crippen MR) is 27.0 cm³/mol. The summed E-state index contributed by atoms with van der Waals surface area (Å²) in [6.07, 6.45) is -3.04. The van der Waals surface area contributed by atoms with E-state index < -0.39 is 12.1 Å². The molecule has 0 N–H and O–H groups in total. The van der Waals surface area contributed by atoms with Gasteiger partial charge < -0.3 is 4.74 Å². The monoisotopic (exact) mass is 154 g/mol. The van der Waals surface area contributed by atoms with E-state index in [0.29, 0.717) is 6.26 Å². The van der Waals surface area contributed by atoms with E-state index in [2.05, 4.69) is 4.74 Å². The van der Waals surface area contributed by atoms with Crippen molar-refractivity contribution in [3.63, 3.8) is 0 Å². The van der Waals surface area contributed by atoms with E-state index in [1.54, 1.807) is 0 Å². The minimum absolute atomic E-state index is 0.676. The first kappa shape index (κ1) is 9.00. The molecular formula is C5H5F3O2. The number of carbonyl (C=O) groups is 1. The molecule has 58 valence electrons. The van der Waals surface area contributed by atoms with Crippen LogP contribution >= 0.6 is 0 Å². The van der Waals surface area contributed by atoms with Crippen LogP contribution in [0, 0.1) is 0 Å². The molecule has 0 fully saturated rings. The fraction of sp³-hybridized carbons (Fsp3) is 0.400. The van der Waals surface area contributed by atoms with Crippen molar-refractivity contribution in [3.8, 4) is 0 Å². The maximum Gasteiger partial charge on any atom is 0.491 e. The summed E-state index contributed by atoms with van der Waals surface area (Å²) in [5.74, 6) is -2.20. The van der Waals surface area contributed by atoms with Crippen LogP contribution in [0.15, 0.2) is 12.3 Å². The molecule has 0 radical (unpaired) electrons. The van der Waals surface area contributed by atoms with E-state index in [9.17, 15) is 18.0 Å². The predicted octanol–water partition coefficient (Wildman–Crippen LogP) is 1.63. The molecule has 0 aliphatic carbocycles. The number of hydrogen-bond acceptors (Lipinski definition) is 2. The smallest absolute Gasteiger partial charge is 0.428 e. The highest BCUT2D eigenvalue weighted by molar-refractivity contribution is 5.76. The zero-order chi connectivity index (χ0) is 8.20. The summed E-state index contributed by atoms with van der Waals surface area (Å²) in [6, 6.07) is 0. The lowest BCUT2D eigenvalue weighted by atomic mass is 10.6. The van der Waals surface area contributed by atoms with Gasteiger partial charge in [0.15, 0.2) is 0 Å². The Bertz CT molecular complexity index is 147. The summed E-state index contributed by atoms with van der Waals surface area (Å²) in [5, 5.41) is 0. The van der Waals surface area contributed by atoms with Crippen LogP contribution in [0.2, 0.25) is 0 Å². The first-order chi connectivity index (χ1) is 4.48. The Kier molecular flexibility index (Phi) is 2.92. The van der Waals surface area contributed by atoms with Gasteiger partial charge in [0.25, 0.3) is 0 Å². The number of carbonyl (C=O) groups excluding carboxylic acids is 1. The van der Waals surface area contributed by atoms with Crippen LogP contribution in [0.1, 0.15) is 6.92 Å². The molecular weight excluding hydrogens is 149 g/mol. The number of hydrogen-bond donors (Lipinski definition) is 0. The van der Waals surface area contributed by atoms with Gasteiger partial charge in [-0.05, 0) is 6.92 Å². The Morgan fingerprint density at radius 1 is 1.50 bits per heavy atom. The van der Waals surface area contributed by atoms with Crippen LogP contribution in [0.3, 0.4) is 0 Å². The standard InChI is InChI=1S/C5H5F3O2/c1-2-3-10-4(9)5(6,7)8/h2-3H,1H3/b3-2-. The number of alkyl halides is 3. The second-order valence-electron chi connectivity index (χ2n) is 1.37. The lowest BCUT2D eigenvalue weighted by molar-refractivity contribution is -0.193. The fourth-order valence-electron chi connectivity index (χ4n) is 0.197. The van der Waals surface area contributed by atoms with Crippen molar-refractivity contribution >= 4 is 5.97 Å². The largest absolute Gasteiger partial charge is 0.491 e. The van der Waals surface area contributed by atoms with Crippen LogP contribution in [-0.2, 0) is 9.53 Å². The molecule has 0 amide bonds. The van der Waals surface area contributed by atoms with Crippen molar-refractivity contribution in [2.24, 2.45) is 0 Å². The molecule has 0 bridgehead atoms. The quantitative estimate of drug-likeness (QED) is 0.423. The molecule has 0 aliphatic heterocycles. The van der Waals surface area contributed by atoms with Gasteiger partial charge >= 0.3 is 12.1 Å². The van der Waals surface area contributed by atoms with E-state index in [0.717, 1.165) is 0 Å². The van der Waals surface area contributed by atoms with Crippen molar-refractivity contribution in [3.05, 3.63) is 12.3 Å². The van der Waals surface area contributed by atoms with Gasteiger partial charge in [0.2, 0.25) is 0 Å². The maximum absolute atomic E-state index is 11.3. The minimum Gasteiger partial charge on any atom is -0.428 e. The van der Waals surface area contributed by atoms with Gasteiger partial charge in [0, 0.05) is 0 Å².